The van der Waals surface area contributed by atoms with Crippen LogP contribution < -0.4 is 10.2 Å². The summed E-state index contributed by atoms with van der Waals surface area (Å²) in [7, 11) is 0. The Morgan fingerprint density at radius 2 is 2.08 bits per heavy atom. The number of rotatable bonds is 6. The molecule has 1 aliphatic heterocycles. The van der Waals surface area contributed by atoms with Crippen molar-refractivity contribution in [2.75, 3.05) is 24.2 Å². The third-order valence-electron chi connectivity index (χ3n) is 5.01. The lowest BCUT2D eigenvalue weighted by atomic mass is 9.97. The molecule has 1 aliphatic carbocycles. The van der Waals surface area contributed by atoms with Gasteiger partial charge in [-0.25, -0.2) is 0 Å². The van der Waals surface area contributed by atoms with Gasteiger partial charge in [0.15, 0.2) is 0 Å². The van der Waals surface area contributed by atoms with E-state index in [2.05, 4.69) is 11.4 Å². The number of nitrogens with one attached hydrogen (secondary N) is 1. The van der Waals surface area contributed by atoms with E-state index in [0.29, 0.717) is 19.5 Å². The zero-order valence-corrected chi connectivity index (χ0v) is 15.6. The van der Waals surface area contributed by atoms with Gasteiger partial charge in [0.1, 0.15) is 0 Å². The number of nitrogens with zero attached hydrogens (tertiary/aromatic N) is 1. The molecule has 1 heterocycles. The lowest BCUT2D eigenvalue weighted by Gasteiger charge is -2.17. The predicted octanol–water partition coefficient (Wildman–Crippen LogP) is 3.77. The third kappa shape index (κ3) is 4.66. The number of hydrogen-bond donors (Lipinski definition) is 1. The van der Waals surface area contributed by atoms with Gasteiger partial charge in [0, 0.05) is 30.1 Å². The number of anilines is 1. The van der Waals surface area contributed by atoms with Crippen LogP contribution in [0.25, 0.3) is 0 Å². The lowest BCUT2D eigenvalue weighted by Crippen LogP contribution is -2.33. The Balaban J connectivity index is 1.50. The molecule has 0 unspecified atom stereocenters. The molecule has 3 rings (SSSR count). The zero-order chi connectivity index (χ0) is 17.6. The van der Waals surface area contributed by atoms with E-state index in [1.54, 1.807) is 16.7 Å². The van der Waals surface area contributed by atoms with Crippen molar-refractivity contribution in [3.8, 4) is 0 Å². The highest BCUT2D eigenvalue weighted by Crippen LogP contribution is 2.27. The average molecular weight is 359 g/mol. The molecule has 2 amide bonds. The summed E-state index contributed by atoms with van der Waals surface area (Å²) >= 11 is 1.67. The van der Waals surface area contributed by atoms with Crippen molar-refractivity contribution in [1.29, 1.82) is 0 Å². The van der Waals surface area contributed by atoms with Crippen molar-refractivity contribution >= 4 is 29.3 Å². The minimum Gasteiger partial charge on any atom is -0.355 e. The lowest BCUT2D eigenvalue weighted by molar-refractivity contribution is -0.126. The van der Waals surface area contributed by atoms with Gasteiger partial charge < -0.3 is 10.2 Å². The van der Waals surface area contributed by atoms with Crippen molar-refractivity contribution in [2.45, 2.75) is 43.4 Å². The highest BCUT2D eigenvalue weighted by molar-refractivity contribution is 7.98. The molecule has 1 fully saturated rings. The predicted molar refractivity (Wildman–Crippen MR) is 103 cm³/mol. The first-order chi connectivity index (χ1) is 12.2. The molecule has 1 saturated heterocycles. The van der Waals surface area contributed by atoms with Crippen LogP contribution in [0.3, 0.4) is 0 Å². The summed E-state index contributed by atoms with van der Waals surface area (Å²) in [4.78, 5) is 27.6. The highest BCUT2D eigenvalue weighted by Gasteiger charge is 2.34. The van der Waals surface area contributed by atoms with Crippen LogP contribution in [0.2, 0.25) is 0 Å². The fraction of sp³-hybridized carbons (Fsp3) is 0.500. The SMILES string of the molecule is CSc1ccc(N2C[C@@H](C(=O)NCCC3=CCCCC3)CC2=O)cc1. The quantitative estimate of drug-likeness (QED) is 0.622. The normalized spacial score (nSPS) is 20.5. The number of carbonyl (C=O) groups is 2. The van der Waals surface area contributed by atoms with Crippen molar-refractivity contribution in [3.63, 3.8) is 0 Å². The molecule has 4 nitrogen and oxygen atoms in total. The molecule has 2 aliphatic rings. The van der Waals surface area contributed by atoms with Crippen LogP contribution in [0.4, 0.5) is 5.69 Å². The van der Waals surface area contributed by atoms with Crippen LogP contribution in [0.5, 0.6) is 0 Å². The molecule has 0 saturated carbocycles. The van der Waals surface area contributed by atoms with Gasteiger partial charge in [-0.15, -0.1) is 11.8 Å². The summed E-state index contributed by atoms with van der Waals surface area (Å²) in [5, 5.41) is 3.02. The van der Waals surface area contributed by atoms with Gasteiger partial charge in [-0.1, -0.05) is 11.6 Å². The number of carbonyl (C=O) groups excluding carboxylic acids is 2. The molecular weight excluding hydrogens is 332 g/mol. The maximum Gasteiger partial charge on any atom is 0.227 e. The van der Waals surface area contributed by atoms with Crippen LogP contribution in [-0.2, 0) is 9.59 Å². The van der Waals surface area contributed by atoms with Crippen LogP contribution in [0.15, 0.2) is 40.8 Å². The molecule has 0 aromatic heterocycles. The Labute approximate surface area is 154 Å². The largest absolute Gasteiger partial charge is 0.355 e. The smallest absolute Gasteiger partial charge is 0.227 e. The van der Waals surface area contributed by atoms with E-state index in [1.165, 1.54) is 29.7 Å². The van der Waals surface area contributed by atoms with E-state index in [1.807, 2.05) is 30.5 Å². The van der Waals surface area contributed by atoms with E-state index in [4.69, 9.17) is 0 Å². The summed E-state index contributed by atoms with van der Waals surface area (Å²) < 4.78 is 0. The van der Waals surface area contributed by atoms with Gasteiger partial charge in [-0.05, 0) is 62.6 Å². The van der Waals surface area contributed by atoms with Crippen molar-refractivity contribution in [2.24, 2.45) is 5.92 Å². The van der Waals surface area contributed by atoms with Gasteiger partial charge in [-0.2, -0.15) is 0 Å². The van der Waals surface area contributed by atoms with Crippen molar-refractivity contribution in [1.82, 2.24) is 5.32 Å². The molecule has 1 aromatic carbocycles. The topological polar surface area (TPSA) is 49.4 Å². The van der Waals surface area contributed by atoms with E-state index in [0.717, 1.165) is 18.5 Å². The summed E-state index contributed by atoms with van der Waals surface area (Å²) in [5.41, 5.74) is 2.34. The second-order valence-electron chi connectivity index (χ2n) is 6.75. The summed E-state index contributed by atoms with van der Waals surface area (Å²) in [6, 6.07) is 7.94. The van der Waals surface area contributed by atoms with Crippen molar-refractivity contribution < 1.29 is 9.59 Å². The average Bonchev–Trinajstić information content (AvgIpc) is 3.04. The monoisotopic (exact) mass is 358 g/mol. The standard InChI is InChI=1S/C20H26N2O2S/c1-25-18-9-7-17(8-10-18)22-14-16(13-19(22)23)20(24)21-12-11-15-5-3-2-4-6-15/h5,7-10,16H,2-4,6,11-14H2,1H3,(H,21,24)/t16-/m0/s1. The van der Waals surface area contributed by atoms with Crippen LogP contribution >= 0.6 is 11.8 Å². The Hall–Kier alpha value is -1.75. The first kappa shape index (κ1) is 18.1. The van der Waals surface area contributed by atoms with Crippen LogP contribution in [0.1, 0.15) is 38.5 Å². The molecule has 5 heteroatoms. The second kappa shape index (κ2) is 8.56. The van der Waals surface area contributed by atoms with E-state index < -0.39 is 0 Å². The van der Waals surface area contributed by atoms with Crippen molar-refractivity contribution in [3.05, 3.63) is 35.9 Å². The second-order valence-corrected chi connectivity index (χ2v) is 7.63. The Kier molecular flexibility index (Phi) is 6.19. The molecule has 134 valence electrons. The Bertz CT molecular complexity index is 654. The minimum atomic E-state index is -0.243. The first-order valence-corrected chi connectivity index (χ1v) is 10.3. The Morgan fingerprint density at radius 1 is 1.28 bits per heavy atom. The van der Waals surface area contributed by atoms with Gasteiger partial charge in [0.05, 0.1) is 5.92 Å². The molecule has 1 aromatic rings. The van der Waals surface area contributed by atoms with Gasteiger partial charge >= 0.3 is 0 Å². The fourth-order valence-corrected chi connectivity index (χ4v) is 3.93. The van der Waals surface area contributed by atoms with E-state index in [-0.39, 0.29) is 17.7 Å². The molecular formula is C20H26N2O2S. The molecule has 25 heavy (non-hydrogen) atoms. The van der Waals surface area contributed by atoms with Gasteiger partial charge in [0.2, 0.25) is 11.8 Å². The van der Waals surface area contributed by atoms with E-state index >= 15 is 0 Å². The number of benzene rings is 1. The zero-order valence-electron chi connectivity index (χ0n) is 14.8. The summed E-state index contributed by atoms with van der Waals surface area (Å²) in [6.07, 6.45) is 10.5. The number of thioether (sulfide) groups is 1. The van der Waals surface area contributed by atoms with E-state index in [9.17, 15) is 9.59 Å². The molecule has 1 N–H and O–H groups in total. The number of amides is 2. The molecule has 0 spiro atoms. The maximum absolute atomic E-state index is 12.4. The molecule has 1 atom stereocenters. The summed E-state index contributed by atoms with van der Waals surface area (Å²) in [5.74, 6) is -0.201. The summed E-state index contributed by atoms with van der Waals surface area (Å²) in [6.45, 7) is 1.16. The third-order valence-corrected chi connectivity index (χ3v) is 5.75. The maximum atomic E-state index is 12.4. The minimum absolute atomic E-state index is 0.00740. The van der Waals surface area contributed by atoms with Crippen LogP contribution in [0, 0.1) is 5.92 Å². The van der Waals surface area contributed by atoms with Gasteiger partial charge in [0.25, 0.3) is 0 Å². The van der Waals surface area contributed by atoms with Gasteiger partial charge in [-0.3, -0.25) is 9.59 Å². The highest BCUT2D eigenvalue weighted by atomic mass is 32.2. The molecule has 0 radical (unpaired) electrons. The Morgan fingerprint density at radius 3 is 2.76 bits per heavy atom. The number of hydrogen-bond acceptors (Lipinski definition) is 3. The first-order valence-electron chi connectivity index (χ1n) is 9.07. The van der Waals surface area contributed by atoms with Crippen LogP contribution in [-0.4, -0.2) is 31.2 Å². The fourth-order valence-electron chi connectivity index (χ4n) is 3.52. The number of allylic oxidation sites excluding steroid dienone is 1. The molecule has 0 bridgehead atoms.